The highest BCUT2D eigenvalue weighted by Gasteiger charge is 2.15. The summed E-state index contributed by atoms with van der Waals surface area (Å²) in [5.41, 5.74) is 13.2. The second kappa shape index (κ2) is 11.1. The summed E-state index contributed by atoms with van der Waals surface area (Å²) in [7, 11) is 0. The Morgan fingerprint density at radius 3 is 1.67 bits per heavy atom. The molecule has 0 aromatic heterocycles. The standard InChI is InChI=1S/C35H35N/c1-7-9-34(27(5)8-2)35-24-33(21-14-28(35)6)36(31-19-12-26(4)13-20-31)32-22-17-30(18-23-32)29-15-10-25(3)11-16-29/h7-24H,2H2,1,3-6H3/b9-7-,34-27+. The first-order valence-corrected chi connectivity index (χ1v) is 12.5. The van der Waals surface area contributed by atoms with Gasteiger partial charge in [-0.3, -0.25) is 0 Å². The van der Waals surface area contributed by atoms with Gasteiger partial charge in [-0.2, -0.15) is 0 Å². The normalized spacial score (nSPS) is 11.9. The van der Waals surface area contributed by atoms with E-state index in [2.05, 4.69) is 149 Å². The molecule has 0 unspecified atom stereocenters. The van der Waals surface area contributed by atoms with E-state index in [0.717, 1.165) is 22.6 Å². The van der Waals surface area contributed by atoms with Crippen molar-refractivity contribution >= 4 is 22.6 Å². The zero-order valence-corrected chi connectivity index (χ0v) is 22.0. The van der Waals surface area contributed by atoms with Gasteiger partial charge < -0.3 is 4.90 Å². The van der Waals surface area contributed by atoms with E-state index < -0.39 is 0 Å². The maximum atomic E-state index is 4.02. The summed E-state index contributed by atoms with van der Waals surface area (Å²) in [5.74, 6) is 0. The molecule has 0 aliphatic heterocycles. The van der Waals surface area contributed by atoms with Crippen molar-refractivity contribution in [2.45, 2.75) is 34.6 Å². The summed E-state index contributed by atoms with van der Waals surface area (Å²) in [6.45, 7) is 14.6. The fourth-order valence-corrected chi connectivity index (χ4v) is 4.44. The lowest BCUT2D eigenvalue weighted by atomic mass is 9.95. The molecule has 1 heteroatoms. The molecule has 0 radical (unpaired) electrons. The van der Waals surface area contributed by atoms with Crippen molar-refractivity contribution in [2.24, 2.45) is 0 Å². The third-order valence-electron chi connectivity index (χ3n) is 6.64. The first-order chi connectivity index (χ1) is 17.4. The van der Waals surface area contributed by atoms with Crippen molar-refractivity contribution in [1.82, 2.24) is 0 Å². The van der Waals surface area contributed by atoms with E-state index in [-0.39, 0.29) is 0 Å². The van der Waals surface area contributed by atoms with Crippen LogP contribution in [0, 0.1) is 20.8 Å². The van der Waals surface area contributed by atoms with Crippen LogP contribution in [0.1, 0.15) is 36.1 Å². The molecular formula is C35H35N. The Balaban J connectivity index is 1.85. The third kappa shape index (κ3) is 5.42. The lowest BCUT2D eigenvalue weighted by Gasteiger charge is -2.27. The van der Waals surface area contributed by atoms with Gasteiger partial charge in [-0.25, -0.2) is 0 Å². The highest BCUT2D eigenvalue weighted by atomic mass is 15.1. The maximum Gasteiger partial charge on any atom is 0.0467 e. The molecule has 0 bridgehead atoms. The zero-order chi connectivity index (χ0) is 25.7. The van der Waals surface area contributed by atoms with Gasteiger partial charge in [0.25, 0.3) is 0 Å². The minimum Gasteiger partial charge on any atom is -0.310 e. The van der Waals surface area contributed by atoms with Gasteiger partial charge in [-0.1, -0.05) is 90.5 Å². The van der Waals surface area contributed by atoms with Crippen molar-refractivity contribution < 1.29 is 0 Å². The Kier molecular flexibility index (Phi) is 7.71. The second-order valence-corrected chi connectivity index (χ2v) is 9.38. The van der Waals surface area contributed by atoms with Crippen molar-refractivity contribution in [2.75, 3.05) is 4.90 Å². The molecule has 0 N–H and O–H groups in total. The van der Waals surface area contributed by atoms with Crippen LogP contribution < -0.4 is 4.90 Å². The summed E-state index contributed by atoms with van der Waals surface area (Å²) in [6, 6.07) is 33.0. The topological polar surface area (TPSA) is 3.24 Å². The minimum absolute atomic E-state index is 1.13. The van der Waals surface area contributed by atoms with Crippen LogP contribution in [-0.4, -0.2) is 0 Å². The molecule has 180 valence electrons. The van der Waals surface area contributed by atoms with E-state index in [4.69, 9.17) is 0 Å². The van der Waals surface area contributed by atoms with Crippen LogP contribution in [0.3, 0.4) is 0 Å². The molecule has 0 saturated carbocycles. The number of hydrogen-bond donors (Lipinski definition) is 0. The fourth-order valence-electron chi connectivity index (χ4n) is 4.44. The first kappa shape index (κ1) is 25.0. The number of allylic oxidation sites excluding steroid dienone is 5. The predicted molar refractivity (Wildman–Crippen MR) is 158 cm³/mol. The number of rotatable bonds is 7. The lowest BCUT2D eigenvalue weighted by molar-refractivity contribution is 1.26. The van der Waals surface area contributed by atoms with E-state index in [1.165, 1.54) is 39.0 Å². The molecule has 0 saturated heterocycles. The van der Waals surface area contributed by atoms with Gasteiger partial charge in [0.2, 0.25) is 0 Å². The molecule has 0 aliphatic carbocycles. The Morgan fingerprint density at radius 1 is 0.667 bits per heavy atom. The predicted octanol–water partition coefficient (Wildman–Crippen LogP) is 10.3. The number of hydrogen-bond acceptors (Lipinski definition) is 1. The van der Waals surface area contributed by atoms with Crippen LogP contribution in [0.5, 0.6) is 0 Å². The summed E-state index contributed by atoms with van der Waals surface area (Å²) >= 11 is 0. The molecule has 0 heterocycles. The van der Waals surface area contributed by atoms with Gasteiger partial charge in [0.15, 0.2) is 0 Å². The van der Waals surface area contributed by atoms with Crippen LogP contribution >= 0.6 is 0 Å². The van der Waals surface area contributed by atoms with Crippen LogP contribution in [0.15, 0.2) is 121 Å². The van der Waals surface area contributed by atoms with Crippen LogP contribution in [0.25, 0.3) is 16.7 Å². The van der Waals surface area contributed by atoms with E-state index >= 15 is 0 Å². The quantitative estimate of drug-likeness (QED) is 0.243. The maximum absolute atomic E-state index is 4.02. The van der Waals surface area contributed by atoms with Gasteiger partial charge in [-0.15, -0.1) is 0 Å². The van der Waals surface area contributed by atoms with Crippen LogP contribution in [0.4, 0.5) is 17.1 Å². The Morgan fingerprint density at radius 2 is 1.14 bits per heavy atom. The molecule has 4 rings (SSSR count). The second-order valence-electron chi connectivity index (χ2n) is 9.38. The number of anilines is 3. The molecule has 0 spiro atoms. The molecule has 0 aliphatic rings. The zero-order valence-electron chi connectivity index (χ0n) is 22.0. The summed E-state index contributed by atoms with van der Waals surface area (Å²) < 4.78 is 0. The molecule has 0 amide bonds. The summed E-state index contributed by atoms with van der Waals surface area (Å²) in [5, 5.41) is 0. The first-order valence-electron chi connectivity index (χ1n) is 12.5. The number of aryl methyl sites for hydroxylation is 3. The molecule has 36 heavy (non-hydrogen) atoms. The molecule has 4 aromatic carbocycles. The van der Waals surface area contributed by atoms with Crippen molar-refractivity contribution in [3.8, 4) is 11.1 Å². The average molecular weight is 470 g/mol. The Labute approximate surface area is 216 Å². The summed E-state index contributed by atoms with van der Waals surface area (Å²) in [6.07, 6.45) is 6.20. The lowest BCUT2D eigenvalue weighted by Crippen LogP contribution is -2.10. The third-order valence-corrected chi connectivity index (χ3v) is 6.64. The molecule has 1 nitrogen and oxygen atoms in total. The molecule has 4 aromatic rings. The average Bonchev–Trinajstić information content (AvgIpc) is 2.90. The Bertz CT molecular complexity index is 1400. The van der Waals surface area contributed by atoms with Crippen LogP contribution in [0.2, 0.25) is 0 Å². The molecule has 0 atom stereocenters. The highest BCUT2D eigenvalue weighted by Crippen LogP contribution is 2.38. The van der Waals surface area contributed by atoms with Crippen molar-refractivity contribution in [3.63, 3.8) is 0 Å². The van der Waals surface area contributed by atoms with Gasteiger partial charge in [0.05, 0.1) is 0 Å². The fraction of sp³-hybridized carbons (Fsp3) is 0.143. The minimum atomic E-state index is 1.13. The Hall–Kier alpha value is -4.10. The molecule has 0 fully saturated rings. The SMILES string of the molecule is C=C/C(C)=C(\C=C/C)c1cc(N(c2ccc(C)cc2)c2ccc(-c3ccc(C)cc3)cc2)ccc1C. The van der Waals surface area contributed by atoms with Crippen molar-refractivity contribution in [3.05, 3.63) is 144 Å². The van der Waals surface area contributed by atoms with Gasteiger partial charge in [0.1, 0.15) is 0 Å². The van der Waals surface area contributed by atoms with Gasteiger partial charge in [0, 0.05) is 17.1 Å². The van der Waals surface area contributed by atoms with Gasteiger partial charge in [-0.05, 0) is 104 Å². The monoisotopic (exact) mass is 469 g/mol. The van der Waals surface area contributed by atoms with E-state index in [1.807, 2.05) is 6.08 Å². The van der Waals surface area contributed by atoms with E-state index in [0.29, 0.717) is 0 Å². The largest absolute Gasteiger partial charge is 0.310 e. The van der Waals surface area contributed by atoms with E-state index in [9.17, 15) is 0 Å². The van der Waals surface area contributed by atoms with Crippen LogP contribution in [-0.2, 0) is 0 Å². The van der Waals surface area contributed by atoms with Gasteiger partial charge >= 0.3 is 0 Å². The highest BCUT2D eigenvalue weighted by molar-refractivity contribution is 5.85. The number of benzene rings is 4. The number of nitrogens with zero attached hydrogens (tertiary/aromatic N) is 1. The van der Waals surface area contributed by atoms with Crippen molar-refractivity contribution in [1.29, 1.82) is 0 Å². The smallest absolute Gasteiger partial charge is 0.0467 e. The van der Waals surface area contributed by atoms with E-state index in [1.54, 1.807) is 0 Å². The summed E-state index contributed by atoms with van der Waals surface area (Å²) in [4.78, 5) is 2.33. The molecular weight excluding hydrogens is 434 g/mol.